The number of benzene rings is 1. The quantitative estimate of drug-likeness (QED) is 0.865. The molecule has 22 heavy (non-hydrogen) atoms. The average molecular weight is 317 g/mol. The van der Waals surface area contributed by atoms with E-state index >= 15 is 0 Å². The summed E-state index contributed by atoms with van der Waals surface area (Å²) in [5, 5.41) is 3.20. The smallest absolute Gasteiger partial charge is 0.311 e. The van der Waals surface area contributed by atoms with Gasteiger partial charge >= 0.3 is 6.18 Å². The van der Waals surface area contributed by atoms with E-state index in [1.165, 1.54) is 19.1 Å². The predicted molar refractivity (Wildman–Crippen MR) is 84.0 cm³/mol. The standard InChI is InChI=1S/C15H20F3NO.C2H6/c1-10(20)13(9-19-14(2,3)4)11-5-7-12(8-6-11)15(16,17)18;1-2/h5-8,13,19H,9H2,1-4H3;1-2H3. The van der Waals surface area contributed by atoms with Crippen LogP contribution < -0.4 is 5.32 Å². The molecular weight excluding hydrogens is 291 g/mol. The molecule has 0 aromatic heterocycles. The summed E-state index contributed by atoms with van der Waals surface area (Å²) in [5.74, 6) is -0.502. The van der Waals surface area contributed by atoms with Crippen molar-refractivity contribution < 1.29 is 18.0 Å². The second-order valence-corrected chi connectivity index (χ2v) is 5.91. The van der Waals surface area contributed by atoms with E-state index in [0.717, 1.165) is 12.1 Å². The first-order chi connectivity index (χ1) is 10.0. The number of alkyl halides is 3. The van der Waals surface area contributed by atoms with Gasteiger partial charge in [0, 0.05) is 12.1 Å². The largest absolute Gasteiger partial charge is 0.416 e. The molecule has 1 aromatic carbocycles. The van der Waals surface area contributed by atoms with Crippen LogP contribution in [-0.2, 0) is 11.0 Å². The molecule has 0 aliphatic rings. The summed E-state index contributed by atoms with van der Waals surface area (Å²) in [7, 11) is 0. The van der Waals surface area contributed by atoms with Crippen molar-refractivity contribution in [3.8, 4) is 0 Å². The first-order valence-corrected chi connectivity index (χ1v) is 7.43. The van der Waals surface area contributed by atoms with Crippen molar-refractivity contribution in [3.05, 3.63) is 35.4 Å². The second-order valence-electron chi connectivity index (χ2n) is 5.91. The molecule has 0 fully saturated rings. The number of Topliss-reactive ketones (excluding diaryl/α,β-unsaturated/α-hetero) is 1. The number of hydrogen-bond acceptors (Lipinski definition) is 2. The SMILES string of the molecule is CC.CC(=O)C(CNC(C)(C)C)c1ccc(C(F)(F)F)cc1. The molecule has 0 spiro atoms. The van der Waals surface area contributed by atoms with Gasteiger partial charge in [0.2, 0.25) is 0 Å². The zero-order valence-corrected chi connectivity index (χ0v) is 14.1. The van der Waals surface area contributed by atoms with Crippen molar-refractivity contribution in [1.29, 1.82) is 0 Å². The topological polar surface area (TPSA) is 29.1 Å². The average Bonchev–Trinajstić information content (AvgIpc) is 2.39. The van der Waals surface area contributed by atoms with E-state index in [1.54, 1.807) is 0 Å². The fourth-order valence-electron chi connectivity index (χ4n) is 1.81. The van der Waals surface area contributed by atoms with Gasteiger partial charge in [0.1, 0.15) is 5.78 Å². The molecule has 2 nitrogen and oxygen atoms in total. The molecule has 0 saturated carbocycles. The molecule has 0 bridgehead atoms. The van der Waals surface area contributed by atoms with E-state index in [1.807, 2.05) is 34.6 Å². The van der Waals surface area contributed by atoms with Gasteiger partial charge < -0.3 is 5.32 Å². The first kappa shape index (κ1) is 20.6. The Kier molecular flexibility index (Phi) is 7.81. The molecule has 126 valence electrons. The normalized spacial score (nSPS) is 13.1. The number of carbonyl (C=O) groups excluding carboxylic acids is 1. The third-order valence-corrected chi connectivity index (χ3v) is 2.97. The maximum Gasteiger partial charge on any atom is 0.416 e. The molecule has 0 saturated heterocycles. The zero-order valence-electron chi connectivity index (χ0n) is 14.1. The number of carbonyl (C=O) groups is 1. The van der Waals surface area contributed by atoms with Crippen LogP contribution in [0.5, 0.6) is 0 Å². The van der Waals surface area contributed by atoms with Gasteiger partial charge in [-0.05, 0) is 45.4 Å². The van der Waals surface area contributed by atoms with E-state index in [-0.39, 0.29) is 11.3 Å². The highest BCUT2D eigenvalue weighted by Gasteiger charge is 2.30. The molecule has 1 aromatic rings. The van der Waals surface area contributed by atoms with Gasteiger partial charge in [0.15, 0.2) is 0 Å². The predicted octanol–water partition coefficient (Wildman–Crippen LogP) is 4.79. The summed E-state index contributed by atoms with van der Waals surface area (Å²) in [6.45, 7) is 11.8. The van der Waals surface area contributed by atoms with Crippen molar-refractivity contribution in [2.75, 3.05) is 6.54 Å². The second kappa shape index (κ2) is 8.32. The number of ketones is 1. The fraction of sp³-hybridized carbons (Fsp3) is 0.588. The molecule has 0 heterocycles. The maximum atomic E-state index is 12.5. The Hall–Kier alpha value is -1.36. The fourth-order valence-corrected chi connectivity index (χ4v) is 1.81. The minimum absolute atomic E-state index is 0.0680. The Balaban J connectivity index is 0.00000211. The van der Waals surface area contributed by atoms with Gasteiger partial charge in [-0.25, -0.2) is 0 Å². The van der Waals surface area contributed by atoms with Crippen LogP contribution >= 0.6 is 0 Å². The van der Waals surface area contributed by atoms with Gasteiger partial charge in [-0.1, -0.05) is 26.0 Å². The summed E-state index contributed by atoms with van der Waals surface area (Å²) < 4.78 is 37.5. The molecule has 0 radical (unpaired) electrons. The van der Waals surface area contributed by atoms with Crippen LogP contribution in [0.2, 0.25) is 0 Å². The van der Waals surface area contributed by atoms with E-state index in [9.17, 15) is 18.0 Å². The number of hydrogen-bond donors (Lipinski definition) is 1. The lowest BCUT2D eigenvalue weighted by atomic mass is 9.93. The van der Waals surface area contributed by atoms with Crippen molar-refractivity contribution in [1.82, 2.24) is 5.32 Å². The van der Waals surface area contributed by atoms with Crippen LogP contribution in [0.15, 0.2) is 24.3 Å². The first-order valence-electron chi connectivity index (χ1n) is 7.43. The summed E-state index contributed by atoms with van der Waals surface area (Å²) in [4.78, 5) is 11.7. The lowest BCUT2D eigenvalue weighted by molar-refractivity contribution is -0.137. The Morgan fingerprint density at radius 3 is 1.86 bits per heavy atom. The number of halogens is 3. The number of rotatable bonds is 4. The highest BCUT2D eigenvalue weighted by atomic mass is 19.4. The van der Waals surface area contributed by atoms with Crippen LogP contribution in [0.3, 0.4) is 0 Å². The van der Waals surface area contributed by atoms with Crippen LogP contribution in [-0.4, -0.2) is 17.9 Å². The molecule has 1 rings (SSSR count). The van der Waals surface area contributed by atoms with E-state index in [2.05, 4.69) is 5.32 Å². The summed E-state index contributed by atoms with van der Waals surface area (Å²) >= 11 is 0. The van der Waals surface area contributed by atoms with Crippen molar-refractivity contribution in [2.24, 2.45) is 0 Å². The van der Waals surface area contributed by atoms with Crippen molar-refractivity contribution in [3.63, 3.8) is 0 Å². The molecule has 0 aliphatic heterocycles. The van der Waals surface area contributed by atoms with Gasteiger partial charge in [-0.2, -0.15) is 13.2 Å². The summed E-state index contributed by atoms with van der Waals surface area (Å²) in [5.41, 5.74) is -0.255. The molecule has 1 atom stereocenters. The van der Waals surface area contributed by atoms with Gasteiger partial charge in [0.25, 0.3) is 0 Å². The minimum atomic E-state index is -4.35. The van der Waals surface area contributed by atoms with Crippen LogP contribution in [0.4, 0.5) is 13.2 Å². The Morgan fingerprint density at radius 2 is 1.55 bits per heavy atom. The molecular formula is C17H26F3NO. The molecule has 1 unspecified atom stereocenters. The Morgan fingerprint density at radius 1 is 1.09 bits per heavy atom. The van der Waals surface area contributed by atoms with Gasteiger partial charge in [-0.3, -0.25) is 4.79 Å². The highest BCUT2D eigenvalue weighted by Crippen LogP contribution is 2.30. The molecule has 0 aliphatic carbocycles. The van der Waals surface area contributed by atoms with Crippen molar-refractivity contribution >= 4 is 5.78 Å². The highest BCUT2D eigenvalue weighted by molar-refractivity contribution is 5.83. The number of nitrogens with one attached hydrogen (secondary N) is 1. The monoisotopic (exact) mass is 317 g/mol. The van der Waals surface area contributed by atoms with Crippen LogP contribution in [0.25, 0.3) is 0 Å². The van der Waals surface area contributed by atoms with Crippen LogP contribution in [0.1, 0.15) is 58.6 Å². The Labute approximate surface area is 131 Å². The molecule has 0 amide bonds. The van der Waals surface area contributed by atoms with Gasteiger partial charge in [-0.15, -0.1) is 0 Å². The third-order valence-electron chi connectivity index (χ3n) is 2.97. The van der Waals surface area contributed by atoms with Crippen molar-refractivity contribution in [2.45, 2.75) is 59.2 Å². The third kappa shape index (κ3) is 7.07. The summed E-state index contributed by atoms with van der Waals surface area (Å²) in [6.07, 6.45) is -4.35. The zero-order chi connectivity index (χ0) is 17.6. The molecule has 1 N–H and O–H groups in total. The van der Waals surface area contributed by atoms with Gasteiger partial charge in [0.05, 0.1) is 11.5 Å². The maximum absolute atomic E-state index is 12.5. The Bertz CT molecular complexity index is 458. The minimum Gasteiger partial charge on any atom is -0.311 e. The van der Waals surface area contributed by atoms with E-state index in [4.69, 9.17) is 0 Å². The lowest BCUT2D eigenvalue weighted by Gasteiger charge is -2.24. The summed E-state index contributed by atoms with van der Waals surface area (Å²) in [6, 6.07) is 4.78. The van der Waals surface area contributed by atoms with E-state index < -0.39 is 17.7 Å². The lowest BCUT2D eigenvalue weighted by Crippen LogP contribution is -2.39. The molecule has 5 heteroatoms. The van der Waals surface area contributed by atoms with E-state index in [0.29, 0.717) is 12.1 Å². The van der Waals surface area contributed by atoms with Crippen LogP contribution in [0, 0.1) is 0 Å².